The Morgan fingerprint density at radius 2 is 1.23 bits per heavy atom. The Hall–Kier alpha value is -5.50. The first kappa shape index (κ1) is 52.5. The van der Waals surface area contributed by atoms with Gasteiger partial charge in [-0.25, -0.2) is 5.06 Å². The zero-order chi connectivity index (χ0) is 45.4. The normalized spacial score (nSPS) is 22.9. The summed E-state index contributed by atoms with van der Waals surface area (Å²) < 4.78 is 9.13. The zero-order valence-electron chi connectivity index (χ0n) is 33.7. The van der Waals surface area contributed by atoms with Crippen molar-refractivity contribution in [3.05, 3.63) is 82.4 Å². The average Bonchev–Trinajstić information content (AvgIpc) is 4.07. The molecular formula is C43H47Cl3N6O8. The van der Waals surface area contributed by atoms with Crippen molar-refractivity contribution in [2.75, 3.05) is 33.3 Å². The van der Waals surface area contributed by atoms with Crippen molar-refractivity contribution >= 4 is 58.4 Å². The number of hydroxylamine groups is 2. The number of nitriles is 5. The Bertz CT molecular complexity index is 1950. The van der Waals surface area contributed by atoms with Crippen LogP contribution in [0.4, 0.5) is 0 Å². The van der Waals surface area contributed by atoms with Gasteiger partial charge in [-0.2, -0.15) is 26.3 Å². The Morgan fingerprint density at radius 1 is 0.783 bits per heavy atom. The summed E-state index contributed by atoms with van der Waals surface area (Å²) in [7, 11) is 2.98. The molecule has 318 valence electrons. The van der Waals surface area contributed by atoms with Crippen LogP contribution in [0.5, 0.6) is 0 Å². The van der Waals surface area contributed by atoms with Gasteiger partial charge in [0, 0.05) is 40.6 Å². The molecular weight excluding hydrogens is 835 g/mol. The van der Waals surface area contributed by atoms with Crippen molar-refractivity contribution in [1.82, 2.24) is 5.06 Å². The maximum absolute atomic E-state index is 11.7. The molecule has 4 aliphatic rings. The number of nitrogens with zero attached hydrogens (tertiary/aromatic N) is 6. The molecule has 0 aliphatic heterocycles. The Kier molecular flexibility index (Phi) is 24.6. The van der Waals surface area contributed by atoms with Gasteiger partial charge in [-0.3, -0.25) is 24.0 Å². The second-order valence-electron chi connectivity index (χ2n) is 13.3. The van der Waals surface area contributed by atoms with Crippen molar-refractivity contribution in [2.45, 2.75) is 45.6 Å². The van der Waals surface area contributed by atoms with Crippen LogP contribution in [0.1, 0.15) is 61.6 Å². The Morgan fingerprint density at radius 3 is 1.60 bits per heavy atom. The maximum Gasteiger partial charge on any atom is 0.320 e. The summed E-state index contributed by atoms with van der Waals surface area (Å²) in [6, 6.07) is 24.0. The minimum atomic E-state index is -0.517. The van der Waals surface area contributed by atoms with Crippen LogP contribution in [-0.2, 0) is 28.7 Å². The van der Waals surface area contributed by atoms with Crippen molar-refractivity contribution in [1.29, 1.82) is 26.3 Å². The summed E-state index contributed by atoms with van der Waals surface area (Å²) in [6.07, 6.45) is 3.55. The highest BCUT2D eigenvalue weighted by Gasteiger charge is 2.46. The number of rotatable bonds is 10. The number of aliphatic hydroxyl groups excluding tert-OH is 1. The number of ketones is 1. The number of aliphatic hydroxyl groups is 1. The fourth-order valence-electron chi connectivity index (χ4n) is 5.06. The van der Waals surface area contributed by atoms with E-state index < -0.39 is 6.10 Å². The van der Waals surface area contributed by atoms with Gasteiger partial charge in [0.2, 0.25) is 5.91 Å². The van der Waals surface area contributed by atoms with Gasteiger partial charge in [-0.1, -0.05) is 41.9 Å². The standard InChI is InChI=1S/C11H10ClNO.C11H8ClNO.C7H10N2O2.C7H9NO2.C4H7ClO2.C3H3N/c2*12-9-3-1-7(2-4-9)11(14)10-5-8(10)6-13;1-9(11-2)7(10)6-3-5(6)4-8;1-2-10-7(9)6-3-5(6)4-8;1-2-7-4(6)3-5;1-2-3-4/h1-4,8,10-11,14H,5H2;1-4,8,10H,5H2;5-6H,3H2,1-2H3;5-6H,2-3H2,1H3;2-3H2,1H3;2H,1H2. The number of alkyl halides is 1. The predicted octanol–water partition coefficient (Wildman–Crippen LogP) is 7.57. The molecule has 0 aromatic heterocycles. The van der Waals surface area contributed by atoms with Crippen LogP contribution < -0.4 is 0 Å². The lowest BCUT2D eigenvalue weighted by Crippen LogP contribution is -2.27. The highest BCUT2D eigenvalue weighted by Crippen LogP contribution is 2.47. The minimum Gasteiger partial charge on any atom is -0.466 e. The number of amides is 1. The molecule has 0 saturated heterocycles. The molecule has 0 bridgehead atoms. The molecule has 0 radical (unpaired) electrons. The van der Waals surface area contributed by atoms with Crippen molar-refractivity contribution in [2.24, 2.45) is 47.3 Å². The number of ether oxygens (including phenoxy) is 2. The van der Waals surface area contributed by atoms with Gasteiger partial charge in [0.25, 0.3) is 0 Å². The molecule has 6 rings (SSSR count). The molecule has 1 amide bonds. The van der Waals surface area contributed by atoms with Crippen LogP contribution in [0.3, 0.4) is 0 Å². The molecule has 2 aromatic rings. The first-order valence-electron chi connectivity index (χ1n) is 18.7. The smallest absolute Gasteiger partial charge is 0.320 e. The number of benzene rings is 2. The van der Waals surface area contributed by atoms with Crippen LogP contribution in [0.25, 0.3) is 0 Å². The van der Waals surface area contributed by atoms with Crippen molar-refractivity contribution in [3.8, 4) is 30.3 Å². The SMILES string of the molecule is C=CC#N.CCOC(=O)C1CC1C#N.CCOC(=O)CCl.CON(C)C(=O)C1CC1C#N.N#CC1CC1C(=O)c1ccc(Cl)cc1.N#CC1CC1C(O)c1ccc(Cl)cc1. The van der Waals surface area contributed by atoms with Gasteiger partial charge >= 0.3 is 11.9 Å². The van der Waals surface area contributed by atoms with E-state index in [1.807, 2.05) is 12.1 Å². The summed E-state index contributed by atoms with van der Waals surface area (Å²) in [4.78, 5) is 48.4. The molecule has 17 heteroatoms. The fourth-order valence-corrected chi connectivity index (χ4v) is 5.39. The van der Waals surface area contributed by atoms with E-state index in [2.05, 4.69) is 28.3 Å². The molecule has 9 atom stereocenters. The zero-order valence-corrected chi connectivity index (χ0v) is 35.9. The van der Waals surface area contributed by atoms with Crippen LogP contribution in [0.15, 0.2) is 61.2 Å². The number of halogens is 3. The molecule has 4 saturated carbocycles. The second-order valence-corrected chi connectivity index (χ2v) is 14.4. The Labute approximate surface area is 365 Å². The molecule has 9 unspecified atom stereocenters. The van der Waals surface area contributed by atoms with E-state index >= 15 is 0 Å². The highest BCUT2D eigenvalue weighted by molar-refractivity contribution is 6.31. The molecule has 14 nitrogen and oxygen atoms in total. The third-order valence-electron chi connectivity index (χ3n) is 8.95. The molecule has 2 aromatic carbocycles. The molecule has 0 heterocycles. The quantitative estimate of drug-likeness (QED) is 0.0797. The van der Waals surface area contributed by atoms with Gasteiger partial charge in [0.05, 0.1) is 92.3 Å². The predicted molar refractivity (Wildman–Crippen MR) is 221 cm³/mol. The molecule has 4 aliphatic carbocycles. The lowest BCUT2D eigenvalue weighted by atomic mass is 10.0. The number of hydrogen-bond acceptors (Lipinski definition) is 13. The summed E-state index contributed by atoms with van der Waals surface area (Å²) >= 11 is 16.5. The number of hydrogen-bond donors (Lipinski definition) is 1. The first-order chi connectivity index (χ1) is 28.7. The van der Waals surface area contributed by atoms with Crippen LogP contribution in [0, 0.1) is 104 Å². The van der Waals surface area contributed by atoms with Gasteiger partial charge in [0.1, 0.15) is 5.88 Å². The van der Waals surface area contributed by atoms with E-state index in [1.165, 1.54) is 18.2 Å². The number of Topliss-reactive ketones (excluding diaryl/α,β-unsaturated/α-hetero) is 1. The van der Waals surface area contributed by atoms with E-state index in [9.17, 15) is 24.3 Å². The summed E-state index contributed by atoms with van der Waals surface area (Å²) in [5, 5.41) is 53.8. The fraction of sp³-hybridized carbons (Fsp3) is 0.465. The van der Waals surface area contributed by atoms with E-state index in [-0.39, 0.29) is 76.9 Å². The maximum atomic E-state index is 11.7. The van der Waals surface area contributed by atoms with E-state index in [1.54, 1.807) is 75.5 Å². The van der Waals surface area contributed by atoms with Gasteiger partial charge in [0.15, 0.2) is 5.78 Å². The Balaban J connectivity index is 0.000000373. The van der Waals surface area contributed by atoms with Gasteiger partial charge in [-0.05, 0) is 81.5 Å². The number of esters is 2. The second kappa shape index (κ2) is 28.1. The third kappa shape index (κ3) is 19.0. The van der Waals surface area contributed by atoms with Crippen molar-refractivity contribution < 1.29 is 38.6 Å². The largest absolute Gasteiger partial charge is 0.466 e. The number of carbonyl (C=O) groups is 4. The molecule has 60 heavy (non-hydrogen) atoms. The monoisotopic (exact) mass is 880 g/mol. The number of allylic oxidation sites excluding steroid dienone is 1. The lowest BCUT2D eigenvalue weighted by molar-refractivity contribution is -0.170. The van der Waals surface area contributed by atoms with Crippen LogP contribution >= 0.6 is 34.8 Å². The number of carbonyl (C=O) groups excluding carboxylic acids is 4. The first-order valence-corrected chi connectivity index (χ1v) is 20.0. The summed E-state index contributed by atoms with van der Waals surface area (Å²) in [6.45, 7) is 7.44. The van der Waals surface area contributed by atoms with E-state index in [4.69, 9.17) is 65.8 Å². The minimum absolute atomic E-state index is 0.0284. The average molecular weight is 882 g/mol. The highest BCUT2D eigenvalue weighted by atomic mass is 35.5. The topological polar surface area (TPSA) is 238 Å². The van der Waals surface area contributed by atoms with Gasteiger partial charge < -0.3 is 14.6 Å². The summed E-state index contributed by atoms with van der Waals surface area (Å²) in [5.41, 5.74) is 1.49. The van der Waals surface area contributed by atoms with E-state index in [0.717, 1.165) is 12.0 Å². The van der Waals surface area contributed by atoms with Gasteiger partial charge in [-0.15, -0.1) is 11.6 Å². The summed E-state index contributed by atoms with van der Waals surface area (Å²) in [5.74, 6) is -1.06. The third-order valence-corrected chi connectivity index (χ3v) is 9.68. The van der Waals surface area contributed by atoms with Crippen LogP contribution in [0.2, 0.25) is 10.0 Å². The van der Waals surface area contributed by atoms with Crippen molar-refractivity contribution in [3.63, 3.8) is 0 Å². The molecule has 0 spiro atoms. The lowest BCUT2D eigenvalue weighted by Gasteiger charge is -2.12. The molecule has 1 N–H and O–H groups in total. The molecule has 4 fully saturated rings. The van der Waals surface area contributed by atoms with E-state index in [0.29, 0.717) is 48.1 Å². The van der Waals surface area contributed by atoms with Crippen LogP contribution in [-0.4, -0.2) is 67.1 Å².